The lowest BCUT2D eigenvalue weighted by atomic mass is 9.84. The van der Waals surface area contributed by atoms with Gasteiger partial charge in [-0.15, -0.1) is 0 Å². The summed E-state index contributed by atoms with van der Waals surface area (Å²) in [6, 6.07) is 5.40. The summed E-state index contributed by atoms with van der Waals surface area (Å²) < 4.78 is 35.2. The van der Waals surface area contributed by atoms with Crippen molar-refractivity contribution in [3.05, 3.63) is 60.2 Å². The molecule has 40 heavy (non-hydrogen) atoms. The molecule has 1 aliphatic carbocycles. The Morgan fingerprint density at radius 2 is 1.70 bits per heavy atom. The summed E-state index contributed by atoms with van der Waals surface area (Å²) >= 11 is 0. The molecule has 0 bridgehead atoms. The summed E-state index contributed by atoms with van der Waals surface area (Å²) in [4.78, 5) is 16.4. The molecular formula is C29H32F2N6O3. The van der Waals surface area contributed by atoms with E-state index in [1.165, 1.54) is 32.9 Å². The molecule has 1 atom stereocenters. The second kappa shape index (κ2) is 9.74. The van der Waals surface area contributed by atoms with Crippen molar-refractivity contribution in [1.29, 1.82) is 0 Å². The highest BCUT2D eigenvalue weighted by Gasteiger charge is 2.41. The van der Waals surface area contributed by atoms with Crippen LogP contribution >= 0.6 is 0 Å². The quantitative estimate of drug-likeness (QED) is 0.346. The van der Waals surface area contributed by atoms with Gasteiger partial charge in [0.15, 0.2) is 17.4 Å². The lowest BCUT2D eigenvalue weighted by Gasteiger charge is -2.35. The number of hydrogen-bond acceptors (Lipinski definition) is 8. The molecule has 1 saturated carbocycles. The number of pyridine rings is 1. The fraction of sp³-hybridized carbons (Fsp3) is 0.448. The van der Waals surface area contributed by atoms with Crippen molar-refractivity contribution in [2.24, 2.45) is 0 Å². The predicted octanol–water partition coefficient (Wildman–Crippen LogP) is 4.53. The van der Waals surface area contributed by atoms with Crippen LogP contribution in [0.5, 0.6) is 5.75 Å². The van der Waals surface area contributed by atoms with Gasteiger partial charge in [-0.05, 0) is 51.8 Å². The van der Waals surface area contributed by atoms with Crippen LogP contribution in [-0.2, 0) is 5.60 Å². The van der Waals surface area contributed by atoms with E-state index in [1.54, 1.807) is 18.5 Å². The van der Waals surface area contributed by atoms with Crippen LogP contribution in [0.3, 0.4) is 0 Å². The largest absolute Gasteiger partial charge is 0.487 e. The Hall–Kier alpha value is -3.70. The van der Waals surface area contributed by atoms with Crippen LogP contribution in [0, 0.1) is 11.6 Å². The van der Waals surface area contributed by atoms with Gasteiger partial charge in [0.2, 0.25) is 0 Å². The van der Waals surface area contributed by atoms with E-state index >= 15 is 0 Å². The second-order valence-corrected chi connectivity index (χ2v) is 11.4. The zero-order valence-corrected chi connectivity index (χ0v) is 22.7. The topological polar surface area (TPSA) is 109 Å². The van der Waals surface area contributed by atoms with E-state index < -0.39 is 22.8 Å². The maximum Gasteiger partial charge on any atom is 0.167 e. The fourth-order valence-corrected chi connectivity index (χ4v) is 4.88. The summed E-state index contributed by atoms with van der Waals surface area (Å²) in [7, 11) is 0. The first kappa shape index (κ1) is 26.5. The van der Waals surface area contributed by atoms with Gasteiger partial charge in [0.25, 0.3) is 0 Å². The number of rotatable bonds is 7. The maximum atomic E-state index is 14.1. The number of aromatic nitrogens is 5. The Morgan fingerprint density at radius 3 is 2.38 bits per heavy atom. The standard InChI is InChI=1S/C29H32F2N6O3/c1-28(2,38)29(3,39)25-13-22-23(15-32-25)35-27(26(34-22)17-14-33-37(16-17)19-5-6-19)36-10-8-20(9-11-36)40-24-7-4-18(30)12-21(24)31/h4,7,12-16,19-20,38-39H,5-6,8-11H2,1-3H3/t29-/m1/s1. The number of nitrogens with zero attached hydrogens (tertiary/aromatic N) is 6. The number of halogens is 2. The molecule has 0 amide bonds. The Bertz CT molecular complexity index is 1560. The normalized spacial score (nSPS) is 18.2. The highest BCUT2D eigenvalue weighted by molar-refractivity contribution is 5.83. The maximum absolute atomic E-state index is 14.1. The lowest BCUT2D eigenvalue weighted by Crippen LogP contribution is -2.45. The minimum absolute atomic E-state index is 0.0438. The summed E-state index contributed by atoms with van der Waals surface area (Å²) in [5.41, 5.74) is -0.171. The third-order valence-electron chi connectivity index (χ3n) is 7.95. The molecule has 0 spiro atoms. The van der Waals surface area contributed by atoms with Crippen molar-refractivity contribution >= 4 is 16.9 Å². The van der Waals surface area contributed by atoms with Crippen molar-refractivity contribution in [1.82, 2.24) is 24.7 Å². The number of ether oxygens (including phenoxy) is 1. The van der Waals surface area contributed by atoms with Crippen LogP contribution < -0.4 is 9.64 Å². The van der Waals surface area contributed by atoms with Crippen LogP contribution in [0.15, 0.2) is 42.9 Å². The number of anilines is 1. The average Bonchev–Trinajstić information content (AvgIpc) is 3.65. The molecule has 0 radical (unpaired) electrons. The minimum atomic E-state index is -1.61. The van der Waals surface area contributed by atoms with E-state index in [2.05, 4.69) is 15.0 Å². The van der Waals surface area contributed by atoms with Crippen molar-refractivity contribution in [2.75, 3.05) is 18.0 Å². The van der Waals surface area contributed by atoms with Crippen LogP contribution in [0.25, 0.3) is 22.3 Å². The number of aliphatic hydroxyl groups is 2. The van der Waals surface area contributed by atoms with Gasteiger partial charge in [-0.25, -0.2) is 18.7 Å². The van der Waals surface area contributed by atoms with E-state index in [0.29, 0.717) is 60.2 Å². The predicted molar refractivity (Wildman–Crippen MR) is 145 cm³/mol. The Kier molecular flexibility index (Phi) is 6.46. The summed E-state index contributed by atoms with van der Waals surface area (Å²) in [5.74, 6) is -0.633. The zero-order chi connectivity index (χ0) is 28.2. The molecule has 1 aromatic carbocycles. The molecule has 3 aromatic heterocycles. The Labute approximate surface area is 230 Å². The van der Waals surface area contributed by atoms with E-state index in [-0.39, 0.29) is 11.9 Å². The average molecular weight is 551 g/mol. The minimum Gasteiger partial charge on any atom is -0.487 e. The molecule has 6 rings (SSSR count). The van der Waals surface area contributed by atoms with Gasteiger partial charge in [0.1, 0.15) is 28.7 Å². The van der Waals surface area contributed by atoms with Gasteiger partial charge in [0, 0.05) is 43.8 Å². The first-order valence-corrected chi connectivity index (χ1v) is 13.5. The molecule has 2 aliphatic rings. The molecule has 0 unspecified atom stereocenters. The van der Waals surface area contributed by atoms with Gasteiger partial charge < -0.3 is 19.8 Å². The van der Waals surface area contributed by atoms with Crippen LogP contribution in [0.4, 0.5) is 14.6 Å². The Balaban J connectivity index is 1.32. The molecule has 1 aliphatic heterocycles. The van der Waals surface area contributed by atoms with Crippen LogP contribution in [-0.4, -0.2) is 59.7 Å². The van der Waals surface area contributed by atoms with Crippen molar-refractivity contribution < 1.29 is 23.7 Å². The molecule has 4 aromatic rings. The number of fused-ring (bicyclic) bond motifs is 1. The van der Waals surface area contributed by atoms with E-state index in [9.17, 15) is 19.0 Å². The number of hydrogen-bond donors (Lipinski definition) is 2. The van der Waals surface area contributed by atoms with Gasteiger partial charge in [-0.2, -0.15) is 5.10 Å². The third kappa shape index (κ3) is 4.99. The summed E-state index contributed by atoms with van der Waals surface area (Å²) in [6.07, 6.45) is 8.54. The molecule has 11 heteroatoms. The monoisotopic (exact) mass is 550 g/mol. The van der Waals surface area contributed by atoms with Crippen molar-refractivity contribution in [3.63, 3.8) is 0 Å². The number of piperidine rings is 1. The highest BCUT2D eigenvalue weighted by atomic mass is 19.1. The summed E-state index contributed by atoms with van der Waals surface area (Å²) in [5, 5.41) is 26.1. The first-order chi connectivity index (χ1) is 19.0. The molecular weight excluding hydrogens is 518 g/mol. The molecule has 9 nitrogen and oxygen atoms in total. The molecule has 2 N–H and O–H groups in total. The third-order valence-corrected chi connectivity index (χ3v) is 7.95. The molecule has 4 heterocycles. The molecule has 1 saturated heterocycles. The van der Waals surface area contributed by atoms with Crippen molar-refractivity contribution in [2.45, 2.75) is 69.8 Å². The Morgan fingerprint density at radius 1 is 0.950 bits per heavy atom. The smallest absolute Gasteiger partial charge is 0.167 e. The fourth-order valence-electron chi connectivity index (χ4n) is 4.88. The van der Waals surface area contributed by atoms with E-state index in [0.717, 1.165) is 24.5 Å². The lowest BCUT2D eigenvalue weighted by molar-refractivity contribution is -0.127. The van der Waals surface area contributed by atoms with Gasteiger partial charge >= 0.3 is 0 Å². The first-order valence-electron chi connectivity index (χ1n) is 13.5. The number of benzene rings is 1. The van der Waals surface area contributed by atoms with Crippen LogP contribution in [0.1, 0.15) is 58.2 Å². The SMILES string of the molecule is CC(C)(O)[C@](C)(O)c1cc2nc(-c3cnn(C4CC4)c3)c(N3CCC(Oc4ccc(F)cc4F)CC3)nc2cn1. The van der Waals surface area contributed by atoms with Crippen molar-refractivity contribution in [3.8, 4) is 17.0 Å². The highest BCUT2D eigenvalue weighted by Crippen LogP contribution is 2.38. The van der Waals surface area contributed by atoms with E-state index in [4.69, 9.17) is 14.7 Å². The van der Waals surface area contributed by atoms with Gasteiger partial charge in [-0.1, -0.05) is 0 Å². The second-order valence-electron chi connectivity index (χ2n) is 11.4. The van der Waals surface area contributed by atoms with Crippen LogP contribution in [0.2, 0.25) is 0 Å². The zero-order valence-electron chi connectivity index (χ0n) is 22.7. The molecule has 210 valence electrons. The van der Waals surface area contributed by atoms with Gasteiger partial charge in [-0.3, -0.25) is 9.67 Å². The molecule has 2 fully saturated rings. The van der Waals surface area contributed by atoms with E-state index in [1.807, 2.05) is 10.9 Å². The van der Waals surface area contributed by atoms with Gasteiger partial charge in [0.05, 0.1) is 35.2 Å². The summed E-state index contributed by atoms with van der Waals surface area (Å²) in [6.45, 7) is 5.77.